The number of anilines is 2. The van der Waals surface area contributed by atoms with Gasteiger partial charge in [0.05, 0.1) is 36.0 Å². The van der Waals surface area contributed by atoms with Gasteiger partial charge in [-0.3, -0.25) is 14.9 Å². The number of hydrogen-bond donors (Lipinski definition) is 3. The first-order chi connectivity index (χ1) is 25.4. The summed E-state index contributed by atoms with van der Waals surface area (Å²) >= 11 is 12.9. The predicted molar refractivity (Wildman–Crippen MR) is 202 cm³/mol. The Morgan fingerprint density at radius 3 is 2.57 bits per heavy atom. The van der Waals surface area contributed by atoms with Gasteiger partial charge in [-0.15, -0.1) is 0 Å². The molecule has 2 aromatic rings. The van der Waals surface area contributed by atoms with E-state index in [0.717, 1.165) is 11.1 Å². The molecule has 4 N–H and O–H groups in total. The van der Waals surface area contributed by atoms with Gasteiger partial charge in [0.25, 0.3) is 5.91 Å². The van der Waals surface area contributed by atoms with Gasteiger partial charge in [-0.2, -0.15) is 0 Å². The average molecular weight is 790 g/mol. The highest BCUT2D eigenvalue weighted by atomic mass is 35.5. The van der Waals surface area contributed by atoms with Gasteiger partial charge < -0.3 is 44.3 Å². The molecule has 16 heteroatoms. The van der Waals surface area contributed by atoms with E-state index in [4.69, 9.17) is 52.6 Å². The largest absolute Gasteiger partial charge is 0.495 e. The summed E-state index contributed by atoms with van der Waals surface area (Å²) in [5.74, 6) is -1.42. The van der Waals surface area contributed by atoms with Crippen LogP contribution in [0, 0.1) is 0 Å². The minimum Gasteiger partial charge on any atom is -0.495 e. The second kappa shape index (κ2) is 16.2. The van der Waals surface area contributed by atoms with Crippen molar-refractivity contribution in [2.24, 2.45) is 0 Å². The zero-order chi connectivity index (χ0) is 39.7. The van der Waals surface area contributed by atoms with Gasteiger partial charge in [-0.25, -0.2) is 9.59 Å². The lowest BCUT2D eigenvalue weighted by atomic mass is 9.90. The van der Waals surface area contributed by atoms with Crippen molar-refractivity contribution in [3.63, 3.8) is 0 Å². The second-order valence-electron chi connectivity index (χ2n) is 14.1. The standard InChI is InChI=1S/C38H46Cl2N4O10/c1-20-9-8-10-29(51-7)38(49)19-24(52-36(48)42-38)17-31-37(3,54-31)30(18-32(45)44(5)27-14-22(13-20)15-28(50-6)33(27)40)53-35(47)21(2)43(4)34(46)23-11-12-26(41)25(39)16-23/h8-12,14-16,21,24,29-31,49H,13,17-19,41H2,1-7H3,(H,42,48)/b10-8+,20-9+/t21-,24+,29+,30-,31-,37-,38-/m0/s1. The zero-order valence-corrected chi connectivity index (χ0v) is 32.7. The molecule has 2 aromatic carbocycles. The summed E-state index contributed by atoms with van der Waals surface area (Å²) in [6.45, 7) is 5.09. The molecular weight excluding hydrogens is 743 g/mol. The molecule has 0 saturated carbocycles. The van der Waals surface area contributed by atoms with Crippen LogP contribution in [-0.2, 0) is 35.0 Å². The van der Waals surface area contributed by atoms with Crippen LogP contribution in [0.4, 0.5) is 16.2 Å². The molecule has 4 bridgehead atoms. The van der Waals surface area contributed by atoms with E-state index >= 15 is 0 Å². The number of rotatable bonds is 6. The van der Waals surface area contributed by atoms with Crippen LogP contribution in [-0.4, -0.2) is 104 Å². The summed E-state index contributed by atoms with van der Waals surface area (Å²) in [6.07, 6.45) is 0.871. The molecule has 2 fully saturated rings. The molecule has 0 aromatic heterocycles. The van der Waals surface area contributed by atoms with Crippen molar-refractivity contribution >= 4 is 58.5 Å². The summed E-state index contributed by atoms with van der Waals surface area (Å²) in [7, 11) is 5.89. The number of nitrogens with zero attached hydrogens (tertiary/aromatic N) is 2. The summed E-state index contributed by atoms with van der Waals surface area (Å²) in [5, 5.41) is 14.5. The molecule has 3 amide bonds. The van der Waals surface area contributed by atoms with E-state index in [2.05, 4.69) is 5.32 Å². The Balaban J connectivity index is 1.49. The zero-order valence-electron chi connectivity index (χ0n) is 31.2. The number of ether oxygens (including phenoxy) is 5. The van der Waals surface area contributed by atoms with Crippen LogP contribution in [0.15, 0.2) is 54.1 Å². The van der Waals surface area contributed by atoms with E-state index in [0.29, 0.717) is 23.5 Å². The number of methoxy groups -OCH3 is 2. The molecule has 7 atom stereocenters. The average Bonchev–Trinajstić information content (AvgIpc) is 3.78. The van der Waals surface area contributed by atoms with Crippen LogP contribution >= 0.6 is 23.2 Å². The third-order valence-corrected chi connectivity index (χ3v) is 11.0. The molecule has 0 unspecified atom stereocenters. The summed E-state index contributed by atoms with van der Waals surface area (Å²) < 4.78 is 28.9. The van der Waals surface area contributed by atoms with Gasteiger partial charge >= 0.3 is 12.1 Å². The number of nitrogens with one attached hydrogen (secondary N) is 1. The monoisotopic (exact) mass is 788 g/mol. The molecule has 3 aliphatic heterocycles. The number of aliphatic hydroxyl groups is 1. The SMILES string of the molecule is COc1cc2cc(c1Cl)N(C)C(=O)C[C@H](OC(=O)[C@H](C)N(C)C(=O)c1ccc(N)c(Cl)c1)[C@]1(C)O[C@H]1C[C@@H]1C[C@@](O)(NC(=O)O1)[C@H](OC)/C=C/C=C(\C)C2. The van der Waals surface area contributed by atoms with Crippen LogP contribution in [0.2, 0.25) is 10.0 Å². The number of amides is 3. The third-order valence-electron chi connectivity index (χ3n) is 10.2. The fraction of sp³-hybridized carbons (Fsp3) is 0.474. The molecule has 0 aliphatic carbocycles. The lowest BCUT2D eigenvalue weighted by molar-refractivity contribution is -0.158. The molecule has 5 rings (SSSR count). The van der Waals surface area contributed by atoms with E-state index in [1.807, 2.05) is 13.0 Å². The summed E-state index contributed by atoms with van der Waals surface area (Å²) in [5.41, 5.74) is 5.32. The molecule has 0 spiro atoms. The smallest absolute Gasteiger partial charge is 0.409 e. The van der Waals surface area contributed by atoms with E-state index in [9.17, 15) is 24.3 Å². The number of hydrogen-bond acceptors (Lipinski definition) is 11. The number of halogens is 2. The van der Waals surface area contributed by atoms with Crippen LogP contribution in [0.3, 0.4) is 0 Å². The number of epoxide rings is 1. The molecule has 54 heavy (non-hydrogen) atoms. The minimum atomic E-state index is -1.83. The first-order valence-electron chi connectivity index (χ1n) is 17.3. The van der Waals surface area contributed by atoms with Gasteiger partial charge in [0.1, 0.15) is 40.7 Å². The minimum absolute atomic E-state index is 0.0600. The normalized spacial score (nSPS) is 29.4. The second-order valence-corrected chi connectivity index (χ2v) is 14.9. The van der Waals surface area contributed by atoms with E-state index in [-0.39, 0.29) is 34.9 Å². The van der Waals surface area contributed by atoms with Gasteiger partial charge in [-0.1, -0.05) is 47.0 Å². The van der Waals surface area contributed by atoms with Gasteiger partial charge in [0, 0.05) is 39.6 Å². The fourth-order valence-corrected chi connectivity index (χ4v) is 7.18. The number of nitrogens with two attached hydrogens (primary N) is 1. The molecule has 2 saturated heterocycles. The molecule has 3 aliphatic rings. The molecule has 0 radical (unpaired) electrons. The van der Waals surface area contributed by atoms with Gasteiger partial charge in [-0.05, 0) is 63.1 Å². The van der Waals surface area contributed by atoms with Crippen LogP contribution in [0.5, 0.6) is 5.75 Å². The molecule has 292 valence electrons. The Morgan fingerprint density at radius 2 is 1.91 bits per heavy atom. The number of nitrogen functional groups attached to an aromatic ring is 1. The molecule has 14 nitrogen and oxygen atoms in total. The van der Waals surface area contributed by atoms with Crippen molar-refractivity contribution < 1.29 is 48.0 Å². The van der Waals surface area contributed by atoms with Crippen LogP contribution < -0.4 is 20.7 Å². The number of esters is 1. The fourth-order valence-electron chi connectivity index (χ4n) is 6.69. The third kappa shape index (κ3) is 8.63. The van der Waals surface area contributed by atoms with Gasteiger partial charge in [0.2, 0.25) is 5.91 Å². The highest BCUT2D eigenvalue weighted by Crippen LogP contribution is 2.47. The molecule has 3 heterocycles. The van der Waals surface area contributed by atoms with Crippen molar-refractivity contribution in [3.05, 3.63) is 75.3 Å². The number of alkyl carbamates (subject to hydrolysis) is 1. The first-order valence-corrected chi connectivity index (χ1v) is 18.1. The summed E-state index contributed by atoms with van der Waals surface area (Å²) in [4.78, 5) is 56.5. The Morgan fingerprint density at radius 1 is 1.19 bits per heavy atom. The van der Waals surface area contributed by atoms with E-state index < -0.39 is 65.7 Å². The number of benzene rings is 2. The molecular formula is C38H46Cl2N4O10. The van der Waals surface area contributed by atoms with Crippen molar-refractivity contribution in [2.75, 3.05) is 38.9 Å². The first kappa shape index (κ1) is 40.8. The van der Waals surface area contributed by atoms with Crippen molar-refractivity contribution in [3.8, 4) is 5.75 Å². The number of fused-ring (bicyclic) bond motifs is 5. The Hall–Kier alpha value is -4.34. The number of carbonyl (C=O) groups excluding carboxylic acids is 4. The Kier molecular flexibility index (Phi) is 12.2. The lowest BCUT2D eigenvalue weighted by Gasteiger charge is -2.40. The van der Waals surface area contributed by atoms with Crippen LogP contribution in [0.1, 0.15) is 56.0 Å². The van der Waals surface area contributed by atoms with Crippen molar-refractivity contribution in [2.45, 2.75) is 88.2 Å². The van der Waals surface area contributed by atoms with E-state index in [1.54, 1.807) is 38.3 Å². The van der Waals surface area contributed by atoms with Crippen molar-refractivity contribution in [1.29, 1.82) is 0 Å². The van der Waals surface area contributed by atoms with E-state index in [1.165, 1.54) is 56.2 Å². The maximum Gasteiger partial charge on any atom is 0.409 e. The maximum absolute atomic E-state index is 14.1. The number of likely N-dealkylation sites (N-methyl/N-ethyl adjacent to an activating group) is 1. The number of allylic oxidation sites excluding steroid dienone is 3. The van der Waals surface area contributed by atoms with Gasteiger partial charge in [0.15, 0.2) is 5.72 Å². The Bertz CT molecular complexity index is 1870. The predicted octanol–water partition coefficient (Wildman–Crippen LogP) is 4.82. The topological polar surface area (TPSA) is 182 Å². The highest BCUT2D eigenvalue weighted by molar-refractivity contribution is 6.35. The van der Waals surface area contributed by atoms with Crippen molar-refractivity contribution in [1.82, 2.24) is 10.2 Å². The number of carbonyl (C=O) groups is 4. The maximum atomic E-state index is 14.1. The summed E-state index contributed by atoms with van der Waals surface area (Å²) in [6, 6.07) is 6.84. The quantitative estimate of drug-likeness (QED) is 0.207. The Labute approximate surface area is 324 Å². The highest BCUT2D eigenvalue weighted by Gasteiger charge is 2.61. The lowest BCUT2D eigenvalue weighted by Crippen LogP contribution is -2.62. The van der Waals surface area contributed by atoms with Crippen LogP contribution in [0.25, 0.3) is 0 Å².